The molecule has 3 aromatic rings. The zero-order valence-corrected chi connectivity index (χ0v) is 17.0. The summed E-state index contributed by atoms with van der Waals surface area (Å²) in [5, 5.41) is 1.15. The molecule has 5 heteroatoms. The van der Waals surface area contributed by atoms with E-state index < -0.39 is 0 Å². The average Bonchev–Trinajstić information content (AvgIpc) is 3.29. The van der Waals surface area contributed by atoms with E-state index in [2.05, 4.69) is 38.1 Å². The summed E-state index contributed by atoms with van der Waals surface area (Å²) in [6, 6.07) is 14.2. The fourth-order valence-electron chi connectivity index (χ4n) is 4.35. The number of carbonyl (C=O) groups is 1. The molecule has 0 radical (unpaired) electrons. The average molecular weight is 393 g/mol. The van der Waals surface area contributed by atoms with E-state index in [0.29, 0.717) is 17.4 Å². The molecule has 1 amide bonds. The van der Waals surface area contributed by atoms with Gasteiger partial charge in [-0.25, -0.2) is 4.98 Å². The summed E-state index contributed by atoms with van der Waals surface area (Å²) in [5.41, 5.74) is 2.92. The Morgan fingerprint density at radius 1 is 1.18 bits per heavy atom. The highest BCUT2D eigenvalue weighted by Gasteiger charge is 2.34. The molecule has 0 unspecified atom stereocenters. The lowest BCUT2D eigenvalue weighted by atomic mass is 9.95. The second kappa shape index (κ2) is 6.89. The van der Waals surface area contributed by atoms with Crippen molar-refractivity contribution in [2.75, 3.05) is 13.1 Å². The molecule has 4 nitrogen and oxygen atoms in total. The number of ether oxygens (including phenoxy) is 1. The number of rotatable bonds is 2. The van der Waals surface area contributed by atoms with Crippen molar-refractivity contribution >= 4 is 27.5 Å². The zero-order valence-electron chi connectivity index (χ0n) is 16.2. The van der Waals surface area contributed by atoms with Gasteiger partial charge in [-0.1, -0.05) is 31.2 Å². The normalized spacial score (nSPS) is 24.2. The first-order valence-corrected chi connectivity index (χ1v) is 10.9. The van der Waals surface area contributed by atoms with Crippen LogP contribution in [0.1, 0.15) is 59.5 Å². The van der Waals surface area contributed by atoms with Crippen LogP contribution < -0.4 is 4.74 Å². The lowest BCUT2D eigenvalue weighted by Gasteiger charge is -2.32. The first kappa shape index (κ1) is 17.7. The SMILES string of the molecule is C[C@@H]1Oc2c(C(=O)N3CCC[C@H](c4nc5ccccc5s4)C3)cccc2[C@@H]1C. The number of benzene rings is 2. The monoisotopic (exact) mass is 392 g/mol. The van der Waals surface area contributed by atoms with Crippen LogP contribution in [0, 0.1) is 0 Å². The van der Waals surface area contributed by atoms with Gasteiger partial charge in [0, 0.05) is 30.5 Å². The molecule has 28 heavy (non-hydrogen) atoms. The number of nitrogens with zero attached hydrogens (tertiary/aromatic N) is 2. The first-order chi connectivity index (χ1) is 13.6. The van der Waals surface area contributed by atoms with Crippen molar-refractivity contribution in [3.05, 3.63) is 58.6 Å². The molecule has 0 spiro atoms. The Morgan fingerprint density at radius 3 is 2.89 bits per heavy atom. The number of piperidine rings is 1. The lowest BCUT2D eigenvalue weighted by molar-refractivity contribution is 0.0702. The topological polar surface area (TPSA) is 42.4 Å². The maximum absolute atomic E-state index is 13.4. The third-order valence-corrected chi connectivity index (χ3v) is 7.34. The van der Waals surface area contributed by atoms with Gasteiger partial charge in [0.25, 0.3) is 5.91 Å². The summed E-state index contributed by atoms with van der Waals surface area (Å²) in [7, 11) is 0. The van der Waals surface area contributed by atoms with Gasteiger partial charge in [-0.15, -0.1) is 11.3 Å². The number of thiazole rings is 1. The number of para-hydroxylation sites is 2. The molecule has 0 N–H and O–H groups in total. The minimum Gasteiger partial charge on any atom is -0.489 e. The van der Waals surface area contributed by atoms with Crippen LogP contribution in [0.25, 0.3) is 10.2 Å². The molecule has 1 fully saturated rings. The first-order valence-electron chi connectivity index (χ1n) is 10.1. The Morgan fingerprint density at radius 2 is 2.04 bits per heavy atom. The number of amides is 1. The van der Waals surface area contributed by atoms with E-state index in [-0.39, 0.29) is 12.0 Å². The van der Waals surface area contributed by atoms with E-state index in [1.54, 1.807) is 11.3 Å². The zero-order chi connectivity index (χ0) is 19.3. The lowest BCUT2D eigenvalue weighted by Crippen LogP contribution is -2.39. The Labute approximate surface area is 169 Å². The van der Waals surface area contributed by atoms with Crippen LogP contribution in [-0.2, 0) is 0 Å². The van der Waals surface area contributed by atoms with Crippen LogP contribution in [0.4, 0.5) is 0 Å². The largest absolute Gasteiger partial charge is 0.489 e. The number of aromatic nitrogens is 1. The summed E-state index contributed by atoms with van der Waals surface area (Å²) >= 11 is 1.76. The van der Waals surface area contributed by atoms with Crippen molar-refractivity contribution < 1.29 is 9.53 Å². The molecule has 3 heterocycles. The fourth-order valence-corrected chi connectivity index (χ4v) is 5.45. The molecule has 0 saturated carbocycles. The van der Waals surface area contributed by atoms with Crippen LogP contribution >= 0.6 is 11.3 Å². The molecule has 144 valence electrons. The van der Waals surface area contributed by atoms with Crippen LogP contribution in [0.5, 0.6) is 5.75 Å². The van der Waals surface area contributed by atoms with Gasteiger partial charge in [-0.3, -0.25) is 4.79 Å². The smallest absolute Gasteiger partial charge is 0.257 e. The number of carbonyl (C=O) groups excluding carboxylic acids is 1. The second-order valence-corrected chi connectivity index (χ2v) is 9.01. The third kappa shape index (κ3) is 2.89. The molecular formula is C23H24N2O2S. The van der Waals surface area contributed by atoms with E-state index in [1.807, 2.05) is 23.1 Å². The fraction of sp³-hybridized carbons (Fsp3) is 0.391. The van der Waals surface area contributed by atoms with E-state index >= 15 is 0 Å². The van der Waals surface area contributed by atoms with E-state index in [0.717, 1.165) is 47.8 Å². The highest BCUT2D eigenvalue weighted by Crippen LogP contribution is 2.41. The van der Waals surface area contributed by atoms with Gasteiger partial charge in [-0.2, -0.15) is 0 Å². The van der Waals surface area contributed by atoms with Gasteiger partial charge in [0.15, 0.2) is 0 Å². The highest BCUT2D eigenvalue weighted by molar-refractivity contribution is 7.18. The van der Waals surface area contributed by atoms with Crippen LogP contribution in [-0.4, -0.2) is 35.0 Å². The van der Waals surface area contributed by atoms with Gasteiger partial charge in [0.05, 0.1) is 20.8 Å². The van der Waals surface area contributed by atoms with Gasteiger partial charge in [-0.05, 0) is 38.0 Å². The molecule has 0 aliphatic carbocycles. The van der Waals surface area contributed by atoms with Crippen molar-refractivity contribution in [2.24, 2.45) is 0 Å². The number of hydrogen-bond acceptors (Lipinski definition) is 4. The minimum atomic E-state index is 0.0870. The van der Waals surface area contributed by atoms with Crippen LogP contribution in [0.15, 0.2) is 42.5 Å². The summed E-state index contributed by atoms with van der Waals surface area (Å²) in [5.74, 6) is 1.50. The summed E-state index contributed by atoms with van der Waals surface area (Å²) in [4.78, 5) is 20.2. The number of hydrogen-bond donors (Lipinski definition) is 0. The van der Waals surface area contributed by atoms with Crippen LogP contribution in [0.3, 0.4) is 0 Å². The molecular weight excluding hydrogens is 368 g/mol. The molecule has 2 aromatic carbocycles. The maximum Gasteiger partial charge on any atom is 0.257 e. The van der Waals surface area contributed by atoms with E-state index in [4.69, 9.17) is 9.72 Å². The van der Waals surface area contributed by atoms with Crippen molar-refractivity contribution in [1.82, 2.24) is 9.88 Å². The standard InChI is InChI=1S/C23H24N2O2S/c1-14-15(2)27-21-17(14)8-5-9-18(21)23(26)25-12-6-7-16(13-25)22-24-19-10-3-4-11-20(19)28-22/h3-5,8-11,14-16H,6-7,12-13H2,1-2H3/t14-,15+,16+/m1/s1. The van der Waals surface area contributed by atoms with Crippen molar-refractivity contribution in [3.8, 4) is 5.75 Å². The minimum absolute atomic E-state index is 0.0870. The maximum atomic E-state index is 13.4. The molecule has 0 bridgehead atoms. The molecule has 2 aliphatic heterocycles. The van der Waals surface area contributed by atoms with Gasteiger partial charge >= 0.3 is 0 Å². The Balaban J connectivity index is 1.41. The van der Waals surface area contributed by atoms with Gasteiger partial charge < -0.3 is 9.64 Å². The summed E-state index contributed by atoms with van der Waals surface area (Å²) in [6.45, 7) is 5.76. The summed E-state index contributed by atoms with van der Waals surface area (Å²) in [6.07, 6.45) is 2.21. The summed E-state index contributed by atoms with van der Waals surface area (Å²) < 4.78 is 7.28. The van der Waals surface area contributed by atoms with Crippen molar-refractivity contribution in [1.29, 1.82) is 0 Å². The predicted octanol–water partition coefficient (Wildman–Crippen LogP) is 5.20. The molecule has 1 aromatic heterocycles. The predicted molar refractivity (Wildman–Crippen MR) is 112 cm³/mol. The Kier molecular flexibility index (Phi) is 4.35. The second-order valence-electron chi connectivity index (χ2n) is 7.95. The quantitative estimate of drug-likeness (QED) is 0.602. The van der Waals surface area contributed by atoms with E-state index in [1.165, 1.54) is 4.70 Å². The van der Waals surface area contributed by atoms with Gasteiger partial charge in [0.1, 0.15) is 11.9 Å². The van der Waals surface area contributed by atoms with E-state index in [9.17, 15) is 4.79 Å². The molecule has 5 rings (SSSR count). The van der Waals surface area contributed by atoms with Crippen molar-refractivity contribution in [2.45, 2.75) is 44.6 Å². The highest BCUT2D eigenvalue weighted by atomic mass is 32.1. The van der Waals surface area contributed by atoms with Crippen LogP contribution in [0.2, 0.25) is 0 Å². The number of likely N-dealkylation sites (tertiary alicyclic amines) is 1. The molecule has 1 saturated heterocycles. The molecule has 2 aliphatic rings. The van der Waals surface area contributed by atoms with Gasteiger partial charge in [0.2, 0.25) is 0 Å². The Bertz CT molecular complexity index is 1010. The number of fused-ring (bicyclic) bond motifs is 2. The Hall–Kier alpha value is -2.40. The third-order valence-electron chi connectivity index (χ3n) is 6.14. The molecule has 3 atom stereocenters. The van der Waals surface area contributed by atoms with Crippen molar-refractivity contribution in [3.63, 3.8) is 0 Å².